The maximum atomic E-state index is 13.4. The molecule has 0 radical (unpaired) electrons. The van der Waals surface area contributed by atoms with Crippen molar-refractivity contribution in [3.63, 3.8) is 0 Å². The highest BCUT2D eigenvalue weighted by molar-refractivity contribution is 7.96. The van der Waals surface area contributed by atoms with Crippen molar-refractivity contribution in [3.05, 3.63) is 0 Å². The highest BCUT2D eigenvalue weighted by Crippen LogP contribution is 2.60. The molecule has 0 spiro atoms. The van der Waals surface area contributed by atoms with Crippen molar-refractivity contribution in [1.29, 1.82) is 0 Å². The maximum absolute atomic E-state index is 13.4. The number of carbonyl (C=O) groups excluding carboxylic acids is 2. The van der Waals surface area contributed by atoms with Crippen LogP contribution in [0.1, 0.15) is 38.5 Å². The van der Waals surface area contributed by atoms with Crippen LogP contribution >= 0.6 is 0 Å². The highest BCUT2D eigenvalue weighted by atomic mass is 32.2. The first-order valence-electron chi connectivity index (χ1n) is 10.7. The third-order valence-corrected chi connectivity index (χ3v) is 8.04. The molecule has 0 aromatic heterocycles. The van der Waals surface area contributed by atoms with Crippen LogP contribution in [-0.2, 0) is 20.5 Å². The van der Waals surface area contributed by atoms with Crippen molar-refractivity contribution >= 4 is 28.6 Å². The quantitative estimate of drug-likeness (QED) is 0.379. The molecule has 156 valence electrons. The minimum absolute atomic E-state index is 0.00740. The van der Waals surface area contributed by atoms with Gasteiger partial charge in [-0.3, -0.25) is 14.6 Å². The van der Waals surface area contributed by atoms with Gasteiger partial charge in [0.2, 0.25) is 11.8 Å². The van der Waals surface area contributed by atoms with E-state index in [2.05, 4.69) is 4.99 Å². The second kappa shape index (κ2) is 7.88. The average molecular weight is 408 g/mol. The fourth-order valence-corrected chi connectivity index (χ4v) is 7.00. The van der Waals surface area contributed by atoms with Gasteiger partial charge in [0.15, 0.2) is 0 Å². The number of carbonyl (C=O) groups is 2. The molecule has 0 atom stereocenters. The summed E-state index contributed by atoms with van der Waals surface area (Å²) in [5.74, 6) is 2.80. The Morgan fingerprint density at radius 2 is 1.46 bits per heavy atom. The first-order valence-corrected chi connectivity index (χ1v) is 12.9. The monoisotopic (exact) mass is 407 g/mol. The summed E-state index contributed by atoms with van der Waals surface area (Å²) in [5, 5.41) is 11.7. The molecular formula is C21H33N3O3S. The molecule has 1 heterocycles. The van der Waals surface area contributed by atoms with Crippen molar-refractivity contribution in [1.82, 2.24) is 9.80 Å². The number of hydrogen-bond donors (Lipinski definition) is 0. The number of hydrogen-bond acceptors (Lipinski definition) is 4. The van der Waals surface area contributed by atoms with Crippen LogP contribution in [-0.4, -0.2) is 78.5 Å². The van der Waals surface area contributed by atoms with Gasteiger partial charge in [-0.25, -0.2) is 0 Å². The van der Waals surface area contributed by atoms with E-state index in [0.29, 0.717) is 37.8 Å². The Morgan fingerprint density at radius 3 is 1.96 bits per heavy atom. The molecule has 0 aromatic carbocycles. The van der Waals surface area contributed by atoms with Crippen molar-refractivity contribution in [2.45, 2.75) is 38.5 Å². The van der Waals surface area contributed by atoms with Crippen LogP contribution in [0.2, 0.25) is 0 Å². The molecule has 4 bridgehead atoms. The van der Waals surface area contributed by atoms with E-state index in [1.807, 2.05) is 17.4 Å². The predicted octanol–water partition coefficient (Wildman–Crippen LogP) is 0.510. The Kier molecular flexibility index (Phi) is 5.64. The standard InChI is InChI=1S/C21H33N3O3S/c1-28(2)14-18(25)22-13-19(26)23-3-5-24(6-4-23)20(27)21-10-15-7-16(11-21)9-17(8-15)12-21/h15-17H,3-14H2,1-2H3. The largest absolute Gasteiger partial charge is 0.859 e. The van der Waals surface area contributed by atoms with Crippen LogP contribution in [0.3, 0.4) is 0 Å². The van der Waals surface area contributed by atoms with Gasteiger partial charge in [0.25, 0.3) is 0 Å². The lowest BCUT2D eigenvalue weighted by Gasteiger charge is -2.57. The Bertz CT molecular complexity index is 620. The summed E-state index contributed by atoms with van der Waals surface area (Å²) in [6.45, 7) is 2.30. The zero-order valence-electron chi connectivity index (χ0n) is 17.2. The van der Waals surface area contributed by atoms with Gasteiger partial charge in [-0.2, -0.15) is 0 Å². The van der Waals surface area contributed by atoms with Gasteiger partial charge in [0.1, 0.15) is 12.3 Å². The molecule has 5 aliphatic rings. The first-order chi connectivity index (χ1) is 13.3. The molecule has 6 nitrogen and oxygen atoms in total. The molecule has 5 fully saturated rings. The summed E-state index contributed by atoms with van der Waals surface area (Å²) in [4.78, 5) is 33.5. The molecule has 5 rings (SSSR count). The van der Waals surface area contributed by atoms with Crippen LogP contribution in [0.5, 0.6) is 0 Å². The van der Waals surface area contributed by atoms with Crippen LogP contribution in [0.25, 0.3) is 0 Å². The van der Waals surface area contributed by atoms with E-state index in [0.717, 1.165) is 37.0 Å². The lowest BCUT2D eigenvalue weighted by atomic mass is 9.49. The van der Waals surface area contributed by atoms with Crippen molar-refractivity contribution in [2.75, 3.05) is 51.0 Å². The fourth-order valence-electron chi connectivity index (χ4n) is 6.42. The Balaban J connectivity index is 1.29. The molecule has 0 aromatic rings. The molecule has 0 N–H and O–H groups in total. The van der Waals surface area contributed by atoms with Gasteiger partial charge in [-0.15, -0.1) is 0 Å². The minimum Gasteiger partial charge on any atom is -0.859 e. The second-order valence-corrected chi connectivity index (χ2v) is 12.0. The van der Waals surface area contributed by atoms with Gasteiger partial charge in [0, 0.05) is 32.1 Å². The smallest absolute Gasteiger partial charge is 0.244 e. The van der Waals surface area contributed by atoms with E-state index < -0.39 is 0 Å². The van der Waals surface area contributed by atoms with Crippen LogP contribution < -0.4 is 5.11 Å². The summed E-state index contributed by atoms with van der Waals surface area (Å²) in [6.07, 6.45) is 11.3. The third-order valence-electron chi connectivity index (χ3n) is 7.21. The van der Waals surface area contributed by atoms with Crippen molar-refractivity contribution in [2.24, 2.45) is 28.2 Å². The molecule has 0 unspecified atom stereocenters. The highest BCUT2D eigenvalue weighted by Gasteiger charge is 2.55. The number of amides is 2. The summed E-state index contributed by atoms with van der Waals surface area (Å²) >= 11 is 0. The van der Waals surface area contributed by atoms with Crippen molar-refractivity contribution < 1.29 is 14.7 Å². The summed E-state index contributed by atoms with van der Waals surface area (Å²) in [7, 11) is 0.00740. The van der Waals surface area contributed by atoms with E-state index in [1.165, 1.54) is 19.3 Å². The summed E-state index contributed by atoms with van der Waals surface area (Å²) in [5.41, 5.74) is -0.0969. The second-order valence-electron chi connectivity index (χ2n) is 9.71. The van der Waals surface area contributed by atoms with E-state index in [-0.39, 0.29) is 34.7 Å². The molecule has 2 amide bonds. The summed E-state index contributed by atoms with van der Waals surface area (Å²) in [6, 6.07) is 0. The minimum atomic E-state index is -0.183. The number of piperazine rings is 1. The molecular weight excluding hydrogens is 374 g/mol. The SMILES string of the molecule is C[S+](C)CC([O-])=NCC(=O)N1CCN(C(=O)C23CC4CC(CC(C4)C2)C3)CC1. The predicted molar refractivity (Wildman–Crippen MR) is 110 cm³/mol. The molecule has 28 heavy (non-hydrogen) atoms. The molecule has 4 aliphatic carbocycles. The Labute approximate surface area is 171 Å². The summed E-state index contributed by atoms with van der Waals surface area (Å²) < 4.78 is 0. The van der Waals surface area contributed by atoms with Gasteiger partial charge in [0.05, 0.1) is 17.9 Å². The van der Waals surface area contributed by atoms with Gasteiger partial charge in [-0.1, -0.05) is 0 Å². The molecule has 1 saturated heterocycles. The van der Waals surface area contributed by atoms with Crippen molar-refractivity contribution in [3.8, 4) is 0 Å². The Hall–Kier alpha value is -1.24. The zero-order chi connectivity index (χ0) is 19.9. The fraction of sp³-hybridized carbons (Fsp3) is 0.857. The number of nitrogens with zero attached hydrogens (tertiary/aromatic N) is 3. The van der Waals surface area contributed by atoms with E-state index in [4.69, 9.17) is 0 Å². The third kappa shape index (κ3) is 4.05. The lowest BCUT2D eigenvalue weighted by molar-refractivity contribution is -0.215. The molecule has 4 saturated carbocycles. The van der Waals surface area contributed by atoms with Gasteiger partial charge in [-0.05, 0) is 67.2 Å². The van der Waals surface area contributed by atoms with Crippen LogP contribution in [0.15, 0.2) is 4.99 Å². The normalized spacial score (nSPS) is 35.0. The zero-order valence-corrected chi connectivity index (χ0v) is 18.0. The molecule has 1 aliphatic heterocycles. The first kappa shape index (κ1) is 20.0. The van der Waals surface area contributed by atoms with E-state index in [9.17, 15) is 14.7 Å². The average Bonchev–Trinajstić information content (AvgIpc) is 2.64. The topological polar surface area (TPSA) is 76.0 Å². The number of rotatable bonds is 5. The molecule has 7 heteroatoms. The van der Waals surface area contributed by atoms with Gasteiger partial charge < -0.3 is 14.9 Å². The van der Waals surface area contributed by atoms with E-state index >= 15 is 0 Å². The van der Waals surface area contributed by atoms with E-state index in [1.54, 1.807) is 4.90 Å². The number of aliphatic imine (C=N–C) groups is 1. The van der Waals surface area contributed by atoms with Crippen LogP contribution in [0, 0.1) is 23.2 Å². The van der Waals surface area contributed by atoms with Crippen LogP contribution in [0.4, 0.5) is 0 Å². The van der Waals surface area contributed by atoms with Gasteiger partial charge >= 0.3 is 0 Å². The maximum Gasteiger partial charge on any atom is 0.244 e. The lowest BCUT2D eigenvalue weighted by Crippen LogP contribution is -2.58. The Morgan fingerprint density at radius 1 is 0.964 bits per heavy atom.